The third-order valence-corrected chi connectivity index (χ3v) is 3.29. The maximum atomic E-state index is 5.59. The van der Waals surface area contributed by atoms with E-state index >= 15 is 0 Å². The van der Waals surface area contributed by atoms with Crippen LogP contribution in [-0.4, -0.2) is 40.0 Å². The molecule has 1 aliphatic carbocycles. The van der Waals surface area contributed by atoms with Gasteiger partial charge in [-0.15, -0.1) is 0 Å². The summed E-state index contributed by atoms with van der Waals surface area (Å²) < 4.78 is 0. The van der Waals surface area contributed by atoms with E-state index in [1.165, 1.54) is 25.8 Å². The van der Waals surface area contributed by atoms with Gasteiger partial charge in [-0.25, -0.2) is 4.98 Å². The van der Waals surface area contributed by atoms with E-state index in [1.807, 2.05) is 0 Å². The maximum absolute atomic E-state index is 5.59. The number of likely N-dealkylation sites (tertiary alicyclic amines) is 1. The van der Waals surface area contributed by atoms with Gasteiger partial charge in [-0.2, -0.15) is 0 Å². The lowest BCUT2D eigenvalue weighted by Gasteiger charge is -2.15. The Balaban J connectivity index is 1.59. The largest absolute Gasteiger partial charge is 0.382 e. The molecule has 2 aliphatic rings. The Morgan fingerprint density at radius 3 is 2.94 bits per heavy atom. The van der Waals surface area contributed by atoms with Crippen LogP contribution < -0.4 is 11.1 Å². The van der Waals surface area contributed by atoms with E-state index in [1.54, 1.807) is 12.4 Å². The van der Waals surface area contributed by atoms with Crippen molar-refractivity contribution in [1.29, 1.82) is 0 Å². The lowest BCUT2D eigenvalue weighted by Crippen LogP contribution is -2.28. The Morgan fingerprint density at radius 2 is 2.19 bits per heavy atom. The Morgan fingerprint density at radius 1 is 1.31 bits per heavy atom. The summed E-state index contributed by atoms with van der Waals surface area (Å²) in [4.78, 5) is 10.8. The third kappa shape index (κ3) is 2.09. The van der Waals surface area contributed by atoms with Crippen molar-refractivity contribution in [2.75, 3.05) is 24.1 Å². The minimum absolute atomic E-state index is 0.474. The topological polar surface area (TPSA) is 67.1 Å². The van der Waals surface area contributed by atoms with Gasteiger partial charge >= 0.3 is 0 Å². The highest BCUT2D eigenvalue weighted by molar-refractivity contribution is 5.39. The van der Waals surface area contributed by atoms with Crippen LogP contribution in [0.4, 0.5) is 11.6 Å². The van der Waals surface area contributed by atoms with Crippen LogP contribution in [0.25, 0.3) is 0 Å². The molecule has 1 aliphatic heterocycles. The summed E-state index contributed by atoms with van der Waals surface area (Å²) in [7, 11) is 0. The standard InChI is InChI=1S/C11H17N5/c12-10-5-13-6-11(15-10)14-8-3-4-16(7-8)9-1-2-9/h5-6,8-9H,1-4,7H2,(H3,12,14,15). The van der Waals surface area contributed by atoms with Gasteiger partial charge in [0.05, 0.1) is 12.4 Å². The predicted octanol–water partition coefficient (Wildman–Crippen LogP) is 0.707. The van der Waals surface area contributed by atoms with Gasteiger partial charge < -0.3 is 11.1 Å². The fraction of sp³-hybridized carbons (Fsp3) is 0.636. The number of anilines is 2. The second-order valence-electron chi connectivity index (χ2n) is 4.69. The molecule has 0 radical (unpaired) electrons. The van der Waals surface area contributed by atoms with Crippen LogP contribution >= 0.6 is 0 Å². The summed E-state index contributed by atoms with van der Waals surface area (Å²) >= 11 is 0. The van der Waals surface area contributed by atoms with Gasteiger partial charge in [-0.1, -0.05) is 0 Å². The first-order valence-corrected chi connectivity index (χ1v) is 5.89. The molecule has 1 saturated heterocycles. The summed E-state index contributed by atoms with van der Waals surface area (Å²) in [5, 5.41) is 3.40. The third-order valence-electron chi connectivity index (χ3n) is 3.29. The molecule has 1 aromatic rings. The molecule has 1 saturated carbocycles. The van der Waals surface area contributed by atoms with Gasteiger partial charge in [0, 0.05) is 25.2 Å². The molecule has 3 rings (SSSR count). The molecule has 1 aromatic heterocycles. The average molecular weight is 219 g/mol. The van der Waals surface area contributed by atoms with Crippen LogP contribution in [0.5, 0.6) is 0 Å². The fourth-order valence-corrected chi connectivity index (χ4v) is 2.34. The number of aromatic nitrogens is 2. The molecule has 2 fully saturated rings. The van der Waals surface area contributed by atoms with Crippen LogP contribution in [0.1, 0.15) is 19.3 Å². The monoisotopic (exact) mass is 219 g/mol. The number of nitrogen functional groups attached to an aromatic ring is 1. The highest BCUT2D eigenvalue weighted by Crippen LogP contribution is 2.30. The zero-order chi connectivity index (χ0) is 11.0. The van der Waals surface area contributed by atoms with Crippen LogP contribution in [-0.2, 0) is 0 Å². The van der Waals surface area contributed by atoms with E-state index in [2.05, 4.69) is 20.2 Å². The van der Waals surface area contributed by atoms with E-state index in [4.69, 9.17) is 5.73 Å². The molecule has 5 heteroatoms. The van der Waals surface area contributed by atoms with Gasteiger partial charge in [0.2, 0.25) is 0 Å². The summed E-state index contributed by atoms with van der Waals surface area (Å²) in [6, 6.07) is 1.36. The van der Waals surface area contributed by atoms with Crippen LogP contribution in [0.15, 0.2) is 12.4 Å². The van der Waals surface area contributed by atoms with Gasteiger partial charge in [-0.3, -0.25) is 9.88 Å². The number of nitrogens with two attached hydrogens (primary N) is 1. The first kappa shape index (κ1) is 9.84. The number of hydrogen-bond acceptors (Lipinski definition) is 5. The maximum Gasteiger partial charge on any atom is 0.147 e. The van der Waals surface area contributed by atoms with E-state index < -0.39 is 0 Å². The molecular weight excluding hydrogens is 202 g/mol. The lowest BCUT2D eigenvalue weighted by atomic mass is 10.3. The summed E-state index contributed by atoms with van der Waals surface area (Å²) in [6.07, 6.45) is 7.25. The molecule has 16 heavy (non-hydrogen) atoms. The second kappa shape index (κ2) is 3.90. The summed E-state index contributed by atoms with van der Waals surface area (Å²) in [6.45, 7) is 2.33. The van der Waals surface area contributed by atoms with Crippen molar-refractivity contribution in [1.82, 2.24) is 14.9 Å². The van der Waals surface area contributed by atoms with Crippen LogP contribution in [0.3, 0.4) is 0 Å². The normalized spacial score (nSPS) is 25.9. The highest BCUT2D eigenvalue weighted by atomic mass is 15.2. The van der Waals surface area contributed by atoms with Gasteiger partial charge in [0.15, 0.2) is 0 Å². The quantitative estimate of drug-likeness (QED) is 0.783. The lowest BCUT2D eigenvalue weighted by molar-refractivity contribution is 0.326. The van der Waals surface area contributed by atoms with Crippen LogP contribution in [0, 0.1) is 0 Å². The molecule has 0 spiro atoms. The van der Waals surface area contributed by atoms with E-state index in [-0.39, 0.29) is 0 Å². The van der Waals surface area contributed by atoms with Crippen LogP contribution in [0.2, 0.25) is 0 Å². The van der Waals surface area contributed by atoms with Gasteiger partial charge in [0.1, 0.15) is 11.6 Å². The van der Waals surface area contributed by atoms with Crippen molar-refractivity contribution in [3.8, 4) is 0 Å². The molecule has 0 aromatic carbocycles. The minimum Gasteiger partial charge on any atom is -0.382 e. The second-order valence-corrected chi connectivity index (χ2v) is 4.69. The zero-order valence-electron chi connectivity index (χ0n) is 9.26. The molecule has 3 N–H and O–H groups in total. The number of nitrogens with zero attached hydrogens (tertiary/aromatic N) is 3. The molecule has 0 bridgehead atoms. The Kier molecular flexibility index (Phi) is 2.40. The van der Waals surface area contributed by atoms with Crippen molar-refractivity contribution in [3.05, 3.63) is 12.4 Å². The number of hydrogen-bond donors (Lipinski definition) is 2. The fourth-order valence-electron chi connectivity index (χ4n) is 2.34. The Hall–Kier alpha value is -1.36. The van der Waals surface area contributed by atoms with E-state index in [9.17, 15) is 0 Å². The van der Waals surface area contributed by atoms with Crippen molar-refractivity contribution in [3.63, 3.8) is 0 Å². The molecule has 0 amide bonds. The first-order valence-electron chi connectivity index (χ1n) is 5.89. The van der Waals surface area contributed by atoms with E-state index in [0.717, 1.165) is 18.4 Å². The molecule has 5 nitrogen and oxygen atoms in total. The first-order chi connectivity index (χ1) is 7.81. The zero-order valence-corrected chi connectivity index (χ0v) is 9.26. The summed E-state index contributed by atoms with van der Waals surface area (Å²) in [5.41, 5.74) is 5.59. The number of nitrogens with one attached hydrogen (secondary N) is 1. The molecular formula is C11H17N5. The SMILES string of the molecule is Nc1cncc(NC2CCN(C3CC3)C2)n1. The molecule has 86 valence electrons. The Bertz CT molecular complexity index is 376. The molecule has 1 unspecified atom stereocenters. The Labute approximate surface area is 95.1 Å². The van der Waals surface area contributed by atoms with Crippen molar-refractivity contribution >= 4 is 11.6 Å². The van der Waals surface area contributed by atoms with Crippen molar-refractivity contribution in [2.45, 2.75) is 31.3 Å². The number of rotatable bonds is 3. The van der Waals surface area contributed by atoms with E-state index in [0.29, 0.717) is 11.9 Å². The van der Waals surface area contributed by atoms with Crippen molar-refractivity contribution in [2.24, 2.45) is 0 Å². The smallest absolute Gasteiger partial charge is 0.147 e. The van der Waals surface area contributed by atoms with Gasteiger partial charge in [-0.05, 0) is 19.3 Å². The predicted molar refractivity (Wildman–Crippen MR) is 63.1 cm³/mol. The average Bonchev–Trinajstić information content (AvgIpc) is 3.01. The summed E-state index contributed by atoms with van der Waals surface area (Å²) in [5.74, 6) is 1.27. The van der Waals surface area contributed by atoms with Crippen molar-refractivity contribution < 1.29 is 0 Å². The van der Waals surface area contributed by atoms with Gasteiger partial charge in [0.25, 0.3) is 0 Å². The molecule has 1 atom stereocenters. The highest BCUT2D eigenvalue weighted by Gasteiger charge is 2.34. The minimum atomic E-state index is 0.474. The molecule has 2 heterocycles.